The topological polar surface area (TPSA) is 181 Å². The number of alkyl carbamates (subject to hydrolysis) is 1. The van der Waals surface area contributed by atoms with Crippen LogP contribution in [0.25, 0.3) is 22.4 Å². The Morgan fingerprint density at radius 3 is 2.23 bits per heavy atom. The van der Waals surface area contributed by atoms with Gasteiger partial charge < -0.3 is 49.3 Å². The van der Waals surface area contributed by atoms with E-state index in [0.29, 0.717) is 87.1 Å². The summed E-state index contributed by atoms with van der Waals surface area (Å²) in [5, 5.41) is 5.28. The summed E-state index contributed by atoms with van der Waals surface area (Å²) in [6.45, 7) is 9.04. The van der Waals surface area contributed by atoms with Crippen molar-refractivity contribution in [3.8, 4) is 28.1 Å². The first-order chi connectivity index (χ1) is 30.9. The second-order valence-electron chi connectivity index (χ2n) is 17.2. The van der Waals surface area contributed by atoms with Gasteiger partial charge in [-0.3, -0.25) is 14.4 Å². The summed E-state index contributed by atoms with van der Waals surface area (Å²) in [5.74, 6) is -0.523. The van der Waals surface area contributed by atoms with Crippen LogP contribution in [0.4, 0.5) is 29.5 Å². The minimum Gasteiger partial charge on any atom is -0.453 e. The molecule has 0 radical (unpaired) electrons. The highest BCUT2D eigenvalue weighted by atomic mass is 35.5. The first-order valence-corrected chi connectivity index (χ1v) is 21.6. The number of anilines is 2. The number of amides is 4. The van der Waals surface area contributed by atoms with E-state index in [9.17, 15) is 32.3 Å². The Hall–Kier alpha value is -5.92. The highest BCUT2D eigenvalue weighted by Gasteiger charge is 2.43. The standard InChI is InChI=1S/C45H52ClF3N8O8/c1-44(2,3)42(60)56-16-14-55(15-17-56)37-11-10-29(23-50-37)40(58)53-33-22-36(65-45(47,48)49)31(21-32(33)46)26-6-8-27(9-7-26)34-24-51-39(52-34)35-20-30(62-4)25-57(35)41(59)38(54-43(61)63-5)28-12-18-64-19-13-28/h6-11,21-24,28,30,35,38H,12-20,25H2,1-5H3,(H,51,52)(H,53,58)(H,54,61). The molecule has 4 aromatic rings. The normalized spacial score (nSPS) is 18.9. The molecule has 2 aromatic carbocycles. The molecule has 3 aliphatic rings. The Labute approximate surface area is 379 Å². The zero-order valence-electron chi connectivity index (χ0n) is 36.7. The van der Waals surface area contributed by atoms with E-state index in [1.165, 1.54) is 19.4 Å². The van der Waals surface area contributed by atoms with Crippen molar-refractivity contribution in [3.63, 3.8) is 0 Å². The second-order valence-corrected chi connectivity index (χ2v) is 17.6. The molecular formula is C45H52ClF3N8O8. The predicted molar refractivity (Wildman–Crippen MR) is 234 cm³/mol. The SMILES string of the molecule is COC(=O)NC(C(=O)N1CC(OC)CC1c1ncc(-c2ccc(-c3cc(Cl)c(NC(=O)c4ccc(N5CCN(C(=O)C(C)(C)C)CC5)nc4)cc3OC(F)(F)F)cc2)[nH]1)C1CCOCC1. The van der Waals surface area contributed by atoms with Crippen LogP contribution in [0.15, 0.2) is 60.9 Å². The van der Waals surface area contributed by atoms with Crippen molar-refractivity contribution in [1.29, 1.82) is 0 Å². The van der Waals surface area contributed by atoms with Gasteiger partial charge in [-0.15, -0.1) is 13.2 Å². The van der Waals surface area contributed by atoms with Gasteiger partial charge in [0.1, 0.15) is 23.4 Å². The third-order valence-corrected chi connectivity index (χ3v) is 12.2. The van der Waals surface area contributed by atoms with Crippen molar-refractivity contribution in [2.75, 3.05) is 70.4 Å². The average Bonchev–Trinajstić information content (AvgIpc) is 3.97. The van der Waals surface area contributed by atoms with Gasteiger partial charge in [0.05, 0.1) is 47.4 Å². The zero-order valence-corrected chi connectivity index (χ0v) is 37.4. The number of imidazole rings is 1. The third-order valence-electron chi connectivity index (χ3n) is 11.8. The van der Waals surface area contributed by atoms with Crippen LogP contribution >= 0.6 is 11.6 Å². The van der Waals surface area contributed by atoms with Crippen molar-refractivity contribution in [3.05, 3.63) is 77.3 Å². The van der Waals surface area contributed by atoms with E-state index >= 15 is 0 Å². The van der Waals surface area contributed by atoms with E-state index in [2.05, 4.69) is 30.3 Å². The summed E-state index contributed by atoms with van der Waals surface area (Å²) >= 11 is 6.60. The van der Waals surface area contributed by atoms with Crippen LogP contribution in [-0.4, -0.2) is 127 Å². The summed E-state index contributed by atoms with van der Waals surface area (Å²) in [6.07, 6.45) is -1.50. The molecule has 3 fully saturated rings. The predicted octanol–water partition coefficient (Wildman–Crippen LogP) is 7.08. The molecule has 4 amide bonds. The number of rotatable bonds is 11. The fourth-order valence-electron chi connectivity index (χ4n) is 8.35. The summed E-state index contributed by atoms with van der Waals surface area (Å²) in [5.41, 5.74) is 1.13. The van der Waals surface area contributed by atoms with Gasteiger partial charge in [0.25, 0.3) is 5.91 Å². The molecule has 2 aromatic heterocycles. The molecule has 0 spiro atoms. The van der Waals surface area contributed by atoms with E-state index < -0.39 is 41.6 Å². The lowest BCUT2D eigenvalue weighted by molar-refractivity contribution is -0.274. The molecule has 0 aliphatic carbocycles. The number of H-pyrrole nitrogens is 1. The highest BCUT2D eigenvalue weighted by molar-refractivity contribution is 6.34. The molecule has 348 valence electrons. The van der Waals surface area contributed by atoms with Crippen LogP contribution in [0.3, 0.4) is 0 Å². The van der Waals surface area contributed by atoms with Crippen molar-refractivity contribution in [2.24, 2.45) is 11.3 Å². The second kappa shape index (κ2) is 19.7. The number of carbonyl (C=O) groups is 4. The number of aromatic amines is 1. The first-order valence-electron chi connectivity index (χ1n) is 21.2. The summed E-state index contributed by atoms with van der Waals surface area (Å²) < 4.78 is 61.9. The van der Waals surface area contributed by atoms with Gasteiger partial charge >= 0.3 is 12.5 Å². The number of nitrogens with one attached hydrogen (secondary N) is 3. The summed E-state index contributed by atoms with van der Waals surface area (Å²) in [7, 11) is 2.81. The number of ether oxygens (including phenoxy) is 4. The number of methoxy groups -OCH3 is 2. The van der Waals surface area contributed by atoms with Gasteiger partial charge in [0.15, 0.2) is 0 Å². The van der Waals surface area contributed by atoms with Crippen LogP contribution in [0, 0.1) is 11.3 Å². The van der Waals surface area contributed by atoms with Crippen molar-refractivity contribution >= 4 is 46.9 Å². The molecule has 65 heavy (non-hydrogen) atoms. The molecule has 16 nitrogen and oxygen atoms in total. The number of benzene rings is 2. The monoisotopic (exact) mass is 924 g/mol. The fourth-order valence-corrected chi connectivity index (χ4v) is 8.56. The molecule has 3 N–H and O–H groups in total. The number of aromatic nitrogens is 3. The Balaban J connectivity index is 1.05. The van der Waals surface area contributed by atoms with Crippen LogP contribution in [0.2, 0.25) is 5.02 Å². The average molecular weight is 925 g/mol. The molecule has 3 aliphatic heterocycles. The minimum absolute atomic E-state index is 0.0165. The molecule has 5 heterocycles. The molecule has 7 rings (SSSR count). The van der Waals surface area contributed by atoms with Gasteiger partial charge in [-0.05, 0) is 48.1 Å². The number of nitrogens with zero attached hydrogens (tertiary/aromatic N) is 5. The maximum atomic E-state index is 14.2. The van der Waals surface area contributed by atoms with Gasteiger partial charge in [-0.1, -0.05) is 56.6 Å². The largest absolute Gasteiger partial charge is 0.573 e. The van der Waals surface area contributed by atoms with E-state index in [4.69, 9.17) is 25.8 Å². The number of alkyl halides is 3. The molecule has 3 unspecified atom stereocenters. The first kappa shape index (κ1) is 47.1. The minimum atomic E-state index is -5.07. The van der Waals surface area contributed by atoms with Crippen LogP contribution in [-0.2, 0) is 23.8 Å². The Morgan fingerprint density at radius 2 is 1.62 bits per heavy atom. The molecule has 20 heteroatoms. The van der Waals surface area contributed by atoms with E-state index in [-0.39, 0.29) is 52.2 Å². The Morgan fingerprint density at radius 1 is 0.923 bits per heavy atom. The van der Waals surface area contributed by atoms with Crippen LogP contribution < -0.4 is 20.3 Å². The number of halogens is 4. The summed E-state index contributed by atoms with van der Waals surface area (Å²) in [6, 6.07) is 10.7. The van der Waals surface area contributed by atoms with Gasteiger partial charge in [-0.2, -0.15) is 0 Å². The molecule has 0 saturated carbocycles. The Kier molecular flexibility index (Phi) is 14.2. The summed E-state index contributed by atoms with van der Waals surface area (Å²) in [4.78, 5) is 70.4. The fraction of sp³-hybridized carbons (Fsp3) is 0.467. The van der Waals surface area contributed by atoms with E-state index in [0.717, 1.165) is 6.07 Å². The molecular weight excluding hydrogens is 873 g/mol. The van der Waals surface area contributed by atoms with Crippen molar-refractivity contribution in [1.82, 2.24) is 30.1 Å². The van der Waals surface area contributed by atoms with Crippen molar-refractivity contribution in [2.45, 2.75) is 64.6 Å². The zero-order chi connectivity index (χ0) is 46.6. The van der Waals surface area contributed by atoms with Crippen molar-refractivity contribution < 1.29 is 51.3 Å². The molecule has 3 saturated heterocycles. The molecule has 0 bridgehead atoms. The van der Waals surface area contributed by atoms with Gasteiger partial charge in [0, 0.05) is 82.7 Å². The molecule has 3 atom stereocenters. The number of carbonyl (C=O) groups excluding carboxylic acids is 4. The number of hydrogen-bond donors (Lipinski definition) is 3. The maximum absolute atomic E-state index is 14.2. The third kappa shape index (κ3) is 11.1. The number of piperazine rings is 1. The van der Waals surface area contributed by atoms with Crippen LogP contribution in [0.1, 0.15) is 62.3 Å². The lowest BCUT2D eigenvalue weighted by atomic mass is 9.90. The van der Waals surface area contributed by atoms with Crippen LogP contribution in [0.5, 0.6) is 5.75 Å². The van der Waals surface area contributed by atoms with Gasteiger partial charge in [0.2, 0.25) is 11.8 Å². The quantitative estimate of drug-likeness (QED) is 0.140. The lowest BCUT2D eigenvalue weighted by Gasteiger charge is -2.38. The smallest absolute Gasteiger partial charge is 0.453 e. The van der Waals surface area contributed by atoms with Gasteiger partial charge in [-0.25, -0.2) is 14.8 Å². The number of hydrogen-bond acceptors (Lipinski definition) is 11. The lowest BCUT2D eigenvalue weighted by Crippen LogP contribution is -2.53. The maximum Gasteiger partial charge on any atom is 0.573 e. The van der Waals surface area contributed by atoms with E-state index in [1.54, 1.807) is 54.6 Å². The highest BCUT2D eigenvalue weighted by Crippen LogP contribution is 2.41. The Bertz CT molecular complexity index is 2340. The number of likely N-dealkylation sites (tertiary alicyclic amines) is 1. The van der Waals surface area contributed by atoms with E-state index in [1.807, 2.05) is 30.6 Å². The number of pyridine rings is 1.